The molecular weight excluding hydrogens is 188 g/mol. The first-order valence-electron chi connectivity index (χ1n) is 6.07. The maximum Gasteiger partial charge on any atom is 0.217 e. The maximum atomic E-state index is 10.9. The van der Waals surface area contributed by atoms with Gasteiger partial charge in [-0.05, 0) is 31.7 Å². The molecule has 0 atom stereocenters. The monoisotopic (exact) mass is 212 g/mol. The van der Waals surface area contributed by atoms with Crippen LogP contribution >= 0.6 is 0 Å². The highest BCUT2D eigenvalue weighted by Gasteiger charge is 2.19. The second kappa shape index (κ2) is 6.11. The van der Waals surface area contributed by atoms with E-state index in [9.17, 15) is 4.79 Å². The fourth-order valence-electron chi connectivity index (χ4n) is 2.03. The van der Waals surface area contributed by atoms with Crippen molar-refractivity contribution in [2.24, 2.45) is 5.92 Å². The van der Waals surface area contributed by atoms with Gasteiger partial charge >= 0.3 is 0 Å². The highest BCUT2D eigenvalue weighted by atomic mass is 16.1. The van der Waals surface area contributed by atoms with Crippen molar-refractivity contribution in [3.05, 3.63) is 0 Å². The van der Waals surface area contributed by atoms with Crippen LogP contribution in [0.15, 0.2) is 0 Å². The van der Waals surface area contributed by atoms with Gasteiger partial charge in [0.15, 0.2) is 0 Å². The van der Waals surface area contributed by atoms with E-state index in [2.05, 4.69) is 24.1 Å². The Morgan fingerprint density at radius 3 is 2.47 bits per heavy atom. The summed E-state index contributed by atoms with van der Waals surface area (Å²) < 4.78 is 0. The molecule has 88 valence electrons. The highest BCUT2D eigenvalue weighted by Crippen LogP contribution is 2.12. The SMILES string of the molecule is CC(=O)NC1CCN(CCC(C)C)CC1. The van der Waals surface area contributed by atoms with Crippen LogP contribution in [-0.4, -0.2) is 36.5 Å². The predicted molar refractivity (Wildman–Crippen MR) is 62.7 cm³/mol. The first kappa shape index (κ1) is 12.5. The molecule has 3 nitrogen and oxygen atoms in total. The van der Waals surface area contributed by atoms with Gasteiger partial charge in [0.25, 0.3) is 0 Å². The molecule has 1 amide bonds. The average Bonchev–Trinajstić information content (AvgIpc) is 2.16. The Kier molecular flexibility index (Phi) is 5.09. The number of carbonyl (C=O) groups excluding carboxylic acids is 1. The van der Waals surface area contributed by atoms with E-state index in [4.69, 9.17) is 0 Å². The van der Waals surface area contributed by atoms with Crippen LogP contribution in [0.5, 0.6) is 0 Å². The molecule has 0 bridgehead atoms. The van der Waals surface area contributed by atoms with Crippen LogP contribution in [0.4, 0.5) is 0 Å². The molecule has 1 N–H and O–H groups in total. The van der Waals surface area contributed by atoms with E-state index in [0.717, 1.165) is 31.8 Å². The van der Waals surface area contributed by atoms with Gasteiger partial charge in [0.1, 0.15) is 0 Å². The van der Waals surface area contributed by atoms with E-state index >= 15 is 0 Å². The normalized spacial score (nSPS) is 19.5. The Morgan fingerprint density at radius 2 is 2.00 bits per heavy atom. The molecule has 1 aliphatic rings. The third kappa shape index (κ3) is 5.17. The lowest BCUT2D eigenvalue weighted by Gasteiger charge is -2.32. The van der Waals surface area contributed by atoms with E-state index in [1.807, 2.05) is 0 Å². The summed E-state index contributed by atoms with van der Waals surface area (Å²) in [5.41, 5.74) is 0. The molecule has 1 fully saturated rings. The molecule has 1 saturated heterocycles. The van der Waals surface area contributed by atoms with Crippen molar-refractivity contribution in [1.29, 1.82) is 0 Å². The fourth-order valence-corrected chi connectivity index (χ4v) is 2.03. The van der Waals surface area contributed by atoms with Gasteiger partial charge in [-0.1, -0.05) is 13.8 Å². The van der Waals surface area contributed by atoms with Crippen molar-refractivity contribution in [1.82, 2.24) is 10.2 Å². The summed E-state index contributed by atoms with van der Waals surface area (Å²) in [6, 6.07) is 0.415. The van der Waals surface area contributed by atoms with E-state index < -0.39 is 0 Å². The summed E-state index contributed by atoms with van der Waals surface area (Å²) in [6.45, 7) is 9.62. The number of likely N-dealkylation sites (tertiary alicyclic amines) is 1. The average molecular weight is 212 g/mol. The van der Waals surface area contributed by atoms with Crippen LogP contribution in [-0.2, 0) is 4.79 Å². The van der Waals surface area contributed by atoms with Crippen LogP contribution in [0.3, 0.4) is 0 Å². The summed E-state index contributed by atoms with van der Waals surface area (Å²) in [6.07, 6.45) is 3.50. The number of hydrogen-bond acceptors (Lipinski definition) is 2. The van der Waals surface area contributed by atoms with Crippen molar-refractivity contribution in [3.8, 4) is 0 Å². The molecule has 0 aliphatic carbocycles. The van der Waals surface area contributed by atoms with E-state index in [0.29, 0.717) is 6.04 Å². The van der Waals surface area contributed by atoms with Crippen molar-refractivity contribution in [2.75, 3.05) is 19.6 Å². The van der Waals surface area contributed by atoms with Gasteiger partial charge in [0, 0.05) is 26.1 Å². The summed E-state index contributed by atoms with van der Waals surface area (Å²) in [5, 5.41) is 3.00. The molecule has 1 aliphatic heterocycles. The minimum absolute atomic E-state index is 0.107. The summed E-state index contributed by atoms with van der Waals surface area (Å²) in [4.78, 5) is 13.4. The van der Waals surface area contributed by atoms with Gasteiger partial charge in [0.05, 0.1) is 0 Å². The second-order valence-corrected chi connectivity index (χ2v) is 5.00. The van der Waals surface area contributed by atoms with E-state index in [1.54, 1.807) is 6.92 Å². The molecule has 3 heteroatoms. The minimum Gasteiger partial charge on any atom is -0.354 e. The molecule has 0 spiro atoms. The quantitative estimate of drug-likeness (QED) is 0.768. The third-order valence-electron chi connectivity index (χ3n) is 3.02. The largest absolute Gasteiger partial charge is 0.354 e. The zero-order valence-corrected chi connectivity index (χ0v) is 10.3. The number of piperidine rings is 1. The lowest BCUT2D eigenvalue weighted by molar-refractivity contribution is -0.119. The fraction of sp³-hybridized carbons (Fsp3) is 0.917. The Bertz CT molecular complexity index is 196. The lowest BCUT2D eigenvalue weighted by Crippen LogP contribution is -2.44. The Morgan fingerprint density at radius 1 is 1.40 bits per heavy atom. The van der Waals surface area contributed by atoms with Crippen molar-refractivity contribution in [2.45, 2.75) is 46.1 Å². The number of hydrogen-bond donors (Lipinski definition) is 1. The maximum absolute atomic E-state index is 10.9. The smallest absolute Gasteiger partial charge is 0.217 e. The van der Waals surface area contributed by atoms with E-state index in [1.165, 1.54) is 13.0 Å². The summed E-state index contributed by atoms with van der Waals surface area (Å²) in [7, 11) is 0. The molecule has 1 rings (SSSR count). The molecule has 0 aromatic rings. The predicted octanol–water partition coefficient (Wildman–Crippen LogP) is 1.63. The van der Waals surface area contributed by atoms with Gasteiger partial charge in [-0.3, -0.25) is 4.79 Å². The van der Waals surface area contributed by atoms with Gasteiger partial charge in [-0.25, -0.2) is 0 Å². The molecule has 1 heterocycles. The Balaban J connectivity index is 2.15. The highest BCUT2D eigenvalue weighted by molar-refractivity contribution is 5.73. The lowest BCUT2D eigenvalue weighted by atomic mass is 10.0. The standard InChI is InChI=1S/C12H24N2O/c1-10(2)4-7-14-8-5-12(6-9-14)13-11(3)15/h10,12H,4-9H2,1-3H3,(H,13,15). The molecule has 15 heavy (non-hydrogen) atoms. The van der Waals surface area contributed by atoms with Gasteiger partial charge in [-0.15, -0.1) is 0 Å². The van der Waals surface area contributed by atoms with Crippen molar-refractivity contribution in [3.63, 3.8) is 0 Å². The topological polar surface area (TPSA) is 32.3 Å². The first-order chi connectivity index (χ1) is 7.08. The molecular formula is C12H24N2O. The van der Waals surface area contributed by atoms with E-state index in [-0.39, 0.29) is 5.91 Å². The molecule has 0 saturated carbocycles. The number of rotatable bonds is 4. The third-order valence-corrected chi connectivity index (χ3v) is 3.02. The van der Waals surface area contributed by atoms with Crippen LogP contribution in [0.25, 0.3) is 0 Å². The van der Waals surface area contributed by atoms with Crippen LogP contribution in [0, 0.1) is 5.92 Å². The molecule has 0 aromatic carbocycles. The minimum atomic E-state index is 0.107. The second-order valence-electron chi connectivity index (χ2n) is 5.00. The number of amides is 1. The van der Waals surface area contributed by atoms with Gasteiger partial charge in [-0.2, -0.15) is 0 Å². The summed E-state index contributed by atoms with van der Waals surface area (Å²) >= 11 is 0. The Labute approximate surface area is 93.2 Å². The first-order valence-corrected chi connectivity index (χ1v) is 6.07. The molecule has 0 radical (unpaired) electrons. The van der Waals surface area contributed by atoms with Crippen molar-refractivity contribution >= 4 is 5.91 Å². The molecule has 0 unspecified atom stereocenters. The van der Waals surface area contributed by atoms with Crippen LogP contribution in [0.1, 0.15) is 40.0 Å². The zero-order valence-electron chi connectivity index (χ0n) is 10.3. The van der Waals surface area contributed by atoms with Crippen LogP contribution < -0.4 is 5.32 Å². The Hall–Kier alpha value is -0.570. The van der Waals surface area contributed by atoms with Gasteiger partial charge in [0.2, 0.25) is 5.91 Å². The summed E-state index contributed by atoms with van der Waals surface area (Å²) in [5.74, 6) is 0.897. The van der Waals surface area contributed by atoms with Gasteiger partial charge < -0.3 is 10.2 Å². The van der Waals surface area contributed by atoms with Crippen molar-refractivity contribution < 1.29 is 4.79 Å². The number of nitrogens with zero attached hydrogens (tertiary/aromatic N) is 1. The number of nitrogens with one attached hydrogen (secondary N) is 1. The van der Waals surface area contributed by atoms with Crippen LogP contribution in [0.2, 0.25) is 0 Å². The zero-order chi connectivity index (χ0) is 11.3. The molecule has 0 aromatic heterocycles. The number of carbonyl (C=O) groups is 1.